The first-order valence-electron chi connectivity index (χ1n) is 10.6. The highest BCUT2D eigenvalue weighted by Gasteiger charge is 2.25. The molecule has 1 amide bonds. The molecular formula is C23H26BrFN6O. The average Bonchev–Trinajstić information content (AvgIpc) is 3.40. The summed E-state index contributed by atoms with van der Waals surface area (Å²) < 4.78 is 15.7. The van der Waals surface area contributed by atoms with Crippen molar-refractivity contribution in [3.05, 3.63) is 75.8 Å². The Bertz CT molecular complexity index is 1090. The number of nitrogens with zero attached hydrogens (tertiary/aromatic N) is 4. The number of nitrogens with one attached hydrogen (secondary N) is 2. The number of carbonyl (C=O) groups excluding carboxylic acids is 1. The van der Waals surface area contributed by atoms with Gasteiger partial charge in [-0.05, 0) is 62.1 Å². The van der Waals surface area contributed by atoms with E-state index in [0.29, 0.717) is 24.0 Å². The van der Waals surface area contributed by atoms with Crippen LogP contribution < -0.4 is 10.9 Å². The first kappa shape index (κ1) is 22.6. The maximum absolute atomic E-state index is 13.1. The molecule has 0 spiro atoms. The number of amides is 1. The lowest BCUT2D eigenvalue weighted by Gasteiger charge is -2.17. The van der Waals surface area contributed by atoms with Crippen molar-refractivity contribution < 1.29 is 9.18 Å². The van der Waals surface area contributed by atoms with Crippen molar-refractivity contribution in [1.29, 1.82) is 0 Å². The molecule has 4 rings (SSSR count). The molecule has 168 valence electrons. The van der Waals surface area contributed by atoms with Gasteiger partial charge in [0.05, 0.1) is 11.4 Å². The van der Waals surface area contributed by atoms with E-state index in [9.17, 15) is 9.18 Å². The minimum atomic E-state index is -0.226. The molecule has 32 heavy (non-hydrogen) atoms. The average molecular weight is 501 g/mol. The van der Waals surface area contributed by atoms with Crippen molar-refractivity contribution in [2.75, 3.05) is 13.6 Å². The van der Waals surface area contributed by atoms with Crippen LogP contribution in [0.4, 0.5) is 4.39 Å². The fourth-order valence-corrected chi connectivity index (χ4v) is 4.35. The molecule has 1 saturated heterocycles. The predicted octanol–water partition coefficient (Wildman–Crippen LogP) is 3.94. The largest absolute Gasteiger partial charge is 0.340 e. The lowest BCUT2D eigenvalue weighted by molar-refractivity contribution is 0.0785. The first-order valence-corrected chi connectivity index (χ1v) is 11.4. The highest BCUT2D eigenvalue weighted by molar-refractivity contribution is 9.10. The molecule has 2 atom stereocenters. The molecule has 0 saturated carbocycles. The number of hydrazine groups is 1. The van der Waals surface area contributed by atoms with E-state index in [-0.39, 0.29) is 17.8 Å². The van der Waals surface area contributed by atoms with Crippen LogP contribution in [0.1, 0.15) is 47.1 Å². The van der Waals surface area contributed by atoms with Crippen LogP contribution in [0.5, 0.6) is 0 Å². The molecular weight excluding hydrogens is 475 g/mol. The van der Waals surface area contributed by atoms with Crippen LogP contribution in [0.3, 0.4) is 0 Å². The fourth-order valence-electron chi connectivity index (χ4n) is 3.96. The molecule has 1 aromatic heterocycles. The van der Waals surface area contributed by atoms with Gasteiger partial charge in [-0.2, -0.15) is 0 Å². The van der Waals surface area contributed by atoms with Crippen molar-refractivity contribution in [3.63, 3.8) is 0 Å². The SMILES string of the molecule is Cc1c(C(=O)N(C)CCCC2CC(c3ccc(F)cc3)NN2)nnn1-c1cccc(Br)c1. The van der Waals surface area contributed by atoms with Gasteiger partial charge in [-0.15, -0.1) is 5.10 Å². The predicted molar refractivity (Wildman–Crippen MR) is 124 cm³/mol. The lowest BCUT2D eigenvalue weighted by Crippen LogP contribution is -2.32. The van der Waals surface area contributed by atoms with Gasteiger partial charge in [-0.1, -0.05) is 39.3 Å². The van der Waals surface area contributed by atoms with E-state index in [1.54, 1.807) is 16.6 Å². The molecule has 0 aliphatic carbocycles. The molecule has 3 aromatic rings. The minimum absolute atomic E-state index is 0.134. The molecule has 0 radical (unpaired) electrons. The summed E-state index contributed by atoms with van der Waals surface area (Å²) in [6.07, 6.45) is 2.70. The van der Waals surface area contributed by atoms with Gasteiger partial charge in [-0.3, -0.25) is 15.6 Å². The molecule has 2 aromatic carbocycles. The Morgan fingerprint density at radius 2 is 2.03 bits per heavy atom. The zero-order chi connectivity index (χ0) is 22.7. The number of hydrogen-bond donors (Lipinski definition) is 2. The highest BCUT2D eigenvalue weighted by atomic mass is 79.9. The Hall–Kier alpha value is -2.62. The Balaban J connectivity index is 1.29. The second kappa shape index (κ2) is 9.89. The van der Waals surface area contributed by atoms with Gasteiger partial charge in [0.1, 0.15) is 5.82 Å². The van der Waals surface area contributed by atoms with E-state index in [2.05, 4.69) is 37.1 Å². The van der Waals surface area contributed by atoms with Crippen molar-refractivity contribution in [2.24, 2.45) is 0 Å². The van der Waals surface area contributed by atoms with Crippen LogP contribution in [0.2, 0.25) is 0 Å². The van der Waals surface area contributed by atoms with Gasteiger partial charge in [0, 0.05) is 30.1 Å². The van der Waals surface area contributed by atoms with Crippen molar-refractivity contribution in [1.82, 2.24) is 30.7 Å². The number of carbonyl (C=O) groups is 1. The van der Waals surface area contributed by atoms with E-state index >= 15 is 0 Å². The molecule has 7 nitrogen and oxygen atoms in total. The second-order valence-corrected chi connectivity index (χ2v) is 9.03. The third-order valence-electron chi connectivity index (χ3n) is 5.80. The molecule has 1 aliphatic heterocycles. The third kappa shape index (κ3) is 5.06. The number of rotatable bonds is 7. The van der Waals surface area contributed by atoms with Crippen LogP contribution in [0, 0.1) is 12.7 Å². The van der Waals surface area contributed by atoms with E-state index < -0.39 is 0 Å². The standard InChI is InChI=1S/C23H26BrFN6O/c1-15-22(28-29-31(15)20-7-3-5-17(24)13-20)23(32)30(2)12-4-6-19-14-21(27-26-19)16-8-10-18(25)11-9-16/h3,5,7-11,13,19,21,26-27H,4,6,12,14H2,1-2H3. The summed E-state index contributed by atoms with van der Waals surface area (Å²) in [4.78, 5) is 14.6. The summed E-state index contributed by atoms with van der Waals surface area (Å²) in [6.45, 7) is 2.48. The summed E-state index contributed by atoms with van der Waals surface area (Å²) in [5.41, 5.74) is 9.59. The molecule has 2 unspecified atom stereocenters. The van der Waals surface area contributed by atoms with Gasteiger partial charge in [-0.25, -0.2) is 9.07 Å². The van der Waals surface area contributed by atoms with Gasteiger partial charge in [0.2, 0.25) is 0 Å². The van der Waals surface area contributed by atoms with E-state index in [1.165, 1.54) is 12.1 Å². The van der Waals surface area contributed by atoms with Gasteiger partial charge in [0.25, 0.3) is 5.91 Å². The van der Waals surface area contributed by atoms with E-state index in [1.807, 2.05) is 43.3 Å². The van der Waals surface area contributed by atoms with Crippen LogP contribution in [0.15, 0.2) is 53.0 Å². The highest BCUT2D eigenvalue weighted by Crippen LogP contribution is 2.24. The number of hydrogen-bond acceptors (Lipinski definition) is 5. The van der Waals surface area contributed by atoms with Crippen molar-refractivity contribution >= 4 is 21.8 Å². The summed E-state index contributed by atoms with van der Waals surface area (Å²) in [7, 11) is 1.79. The van der Waals surface area contributed by atoms with Gasteiger partial charge in [0.15, 0.2) is 5.69 Å². The van der Waals surface area contributed by atoms with Crippen LogP contribution in [-0.4, -0.2) is 45.4 Å². The Morgan fingerprint density at radius 1 is 1.25 bits per heavy atom. The topological polar surface area (TPSA) is 75.1 Å². The van der Waals surface area contributed by atoms with E-state index in [0.717, 1.165) is 35.0 Å². The molecule has 0 bridgehead atoms. The normalized spacial score (nSPS) is 18.1. The molecule has 1 aliphatic rings. The van der Waals surface area contributed by atoms with E-state index in [4.69, 9.17) is 0 Å². The third-order valence-corrected chi connectivity index (χ3v) is 6.29. The maximum atomic E-state index is 13.1. The fraction of sp³-hybridized carbons (Fsp3) is 0.348. The Kier molecular flexibility index (Phi) is 6.98. The smallest absolute Gasteiger partial charge is 0.276 e. The zero-order valence-corrected chi connectivity index (χ0v) is 19.6. The number of aromatic nitrogens is 3. The summed E-state index contributed by atoms with van der Waals surface area (Å²) >= 11 is 3.46. The molecule has 2 N–H and O–H groups in total. The van der Waals surface area contributed by atoms with Crippen molar-refractivity contribution in [3.8, 4) is 5.69 Å². The quantitative estimate of drug-likeness (QED) is 0.513. The Morgan fingerprint density at radius 3 is 2.78 bits per heavy atom. The monoisotopic (exact) mass is 500 g/mol. The van der Waals surface area contributed by atoms with Crippen molar-refractivity contribution in [2.45, 2.75) is 38.3 Å². The summed E-state index contributed by atoms with van der Waals surface area (Å²) in [5, 5.41) is 8.31. The summed E-state index contributed by atoms with van der Waals surface area (Å²) in [5.74, 6) is -0.360. The molecule has 2 heterocycles. The van der Waals surface area contributed by atoms with Crippen LogP contribution in [-0.2, 0) is 0 Å². The van der Waals surface area contributed by atoms with Gasteiger partial charge < -0.3 is 4.90 Å². The maximum Gasteiger partial charge on any atom is 0.276 e. The zero-order valence-electron chi connectivity index (χ0n) is 18.1. The summed E-state index contributed by atoms with van der Waals surface area (Å²) in [6, 6.07) is 14.8. The number of halogens is 2. The van der Waals surface area contributed by atoms with Gasteiger partial charge >= 0.3 is 0 Å². The molecule has 9 heteroatoms. The second-order valence-electron chi connectivity index (χ2n) is 8.11. The Labute approximate surface area is 195 Å². The van der Waals surface area contributed by atoms with Crippen LogP contribution >= 0.6 is 15.9 Å². The lowest BCUT2D eigenvalue weighted by atomic mass is 9.99. The minimum Gasteiger partial charge on any atom is -0.340 e. The number of benzene rings is 2. The molecule has 1 fully saturated rings. The first-order chi connectivity index (χ1) is 15.4. The van der Waals surface area contributed by atoms with Crippen LogP contribution in [0.25, 0.3) is 5.69 Å².